The molecule has 0 bridgehead atoms. The number of rotatable bonds is 4. The summed E-state index contributed by atoms with van der Waals surface area (Å²) in [5.74, 6) is 0. The van der Waals surface area contributed by atoms with Crippen LogP contribution in [0.1, 0.15) is 33.3 Å². The predicted molar refractivity (Wildman–Crippen MR) is 60.4 cm³/mol. The molecule has 14 heavy (non-hydrogen) atoms. The lowest BCUT2D eigenvalue weighted by Crippen LogP contribution is -2.30. The van der Waals surface area contributed by atoms with Gasteiger partial charge in [-0.3, -0.25) is 0 Å². The molecule has 0 aliphatic carbocycles. The molecule has 0 saturated carbocycles. The highest BCUT2D eigenvalue weighted by Gasteiger charge is 2.20. The van der Waals surface area contributed by atoms with Crippen LogP contribution in [0.25, 0.3) is 0 Å². The molecule has 78 valence electrons. The summed E-state index contributed by atoms with van der Waals surface area (Å²) in [5, 5.41) is 0. The average molecular weight is 192 g/mol. The van der Waals surface area contributed by atoms with Crippen LogP contribution in [0, 0.1) is 0 Å². The lowest BCUT2D eigenvalue weighted by atomic mass is 9.98. The molecule has 0 N–H and O–H groups in total. The maximum Gasteiger partial charge on any atom is 0.0670 e. The first kappa shape index (κ1) is 11.3. The van der Waals surface area contributed by atoms with Gasteiger partial charge < -0.3 is 4.74 Å². The summed E-state index contributed by atoms with van der Waals surface area (Å²) in [6.07, 6.45) is 1.25. The Kier molecular flexibility index (Phi) is 3.70. The Morgan fingerprint density at radius 3 is 2.21 bits per heavy atom. The van der Waals surface area contributed by atoms with Gasteiger partial charge in [-0.05, 0) is 33.3 Å². The van der Waals surface area contributed by atoms with Gasteiger partial charge in [0, 0.05) is 6.42 Å². The van der Waals surface area contributed by atoms with E-state index < -0.39 is 0 Å². The van der Waals surface area contributed by atoms with E-state index in [9.17, 15) is 0 Å². The van der Waals surface area contributed by atoms with Crippen LogP contribution < -0.4 is 0 Å². The summed E-state index contributed by atoms with van der Waals surface area (Å²) in [7, 11) is 0. The minimum atomic E-state index is -0.0739. The third-order valence-corrected chi connectivity index (χ3v) is 2.03. The summed E-state index contributed by atoms with van der Waals surface area (Å²) >= 11 is 0. The fraction of sp³-hybridized carbons (Fsp3) is 0.538. The highest BCUT2D eigenvalue weighted by atomic mass is 16.5. The van der Waals surface area contributed by atoms with Gasteiger partial charge in [0.1, 0.15) is 0 Å². The summed E-state index contributed by atoms with van der Waals surface area (Å²) in [6.45, 7) is 8.43. The van der Waals surface area contributed by atoms with Crippen LogP contribution in [0.15, 0.2) is 30.3 Å². The molecular formula is C13H20O. The van der Waals surface area contributed by atoms with Crippen LogP contribution >= 0.6 is 0 Å². The van der Waals surface area contributed by atoms with Crippen molar-refractivity contribution in [1.82, 2.24) is 0 Å². The number of ether oxygens (including phenoxy) is 1. The first-order valence-electron chi connectivity index (χ1n) is 5.21. The second kappa shape index (κ2) is 4.61. The van der Waals surface area contributed by atoms with Gasteiger partial charge in [-0.1, -0.05) is 30.3 Å². The minimum Gasteiger partial charge on any atom is -0.373 e. The largest absolute Gasteiger partial charge is 0.373 e. The van der Waals surface area contributed by atoms with E-state index in [2.05, 4.69) is 52.0 Å². The highest BCUT2D eigenvalue weighted by Crippen LogP contribution is 2.18. The smallest absolute Gasteiger partial charge is 0.0670 e. The molecule has 0 heterocycles. The number of benzene rings is 1. The molecule has 0 aliphatic heterocycles. The second-order valence-electron chi connectivity index (χ2n) is 4.59. The van der Waals surface area contributed by atoms with E-state index in [0.29, 0.717) is 0 Å². The molecule has 0 unspecified atom stereocenters. The van der Waals surface area contributed by atoms with Crippen molar-refractivity contribution in [3.05, 3.63) is 35.9 Å². The molecule has 1 aromatic rings. The summed E-state index contributed by atoms with van der Waals surface area (Å²) < 4.78 is 5.84. The minimum absolute atomic E-state index is 0.0739. The molecule has 1 heteroatoms. The summed E-state index contributed by atoms with van der Waals surface area (Å²) in [4.78, 5) is 0. The molecule has 1 aromatic carbocycles. The Bertz CT molecular complexity index is 262. The first-order chi connectivity index (χ1) is 6.49. The quantitative estimate of drug-likeness (QED) is 0.710. The highest BCUT2D eigenvalue weighted by molar-refractivity contribution is 5.16. The maximum atomic E-state index is 5.84. The predicted octanol–water partition coefficient (Wildman–Crippen LogP) is 3.43. The molecule has 0 radical (unpaired) electrons. The lowest BCUT2D eigenvalue weighted by Gasteiger charge is -2.27. The maximum absolute atomic E-state index is 5.84. The van der Waals surface area contributed by atoms with Gasteiger partial charge in [0.15, 0.2) is 0 Å². The monoisotopic (exact) mass is 192 g/mol. The molecule has 0 spiro atoms. The van der Waals surface area contributed by atoms with Crippen LogP contribution in [0.5, 0.6) is 0 Å². The van der Waals surface area contributed by atoms with Gasteiger partial charge in [0.25, 0.3) is 0 Å². The topological polar surface area (TPSA) is 9.23 Å². The molecule has 0 aromatic heterocycles. The van der Waals surface area contributed by atoms with Crippen LogP contribution in [-0.2, 0) is 11.2 Å². The number of hydrogen-bond donors (Lipinski definition) is 0. The average Bonchev–Trinajstić information content (AvgIpc) is 2.02. The lowest BCUT2D eigenvalue weighted by molar-refractivity contribution is -0.0547. The van der Waals surface area contributed by atoms with Crippen molar-refractivity contribution in [3.63, 3.8) is 0 Å². The van der Waals surface area contributed by atoms with Gasteiger partial charge >= 0.3 is 0 Å². The summed E-state index contributed by atoms with van der Waals surface area (Å²) in [6, 6.07) is 10.5. The van der Waals surface area contributed by atoms with Gasteiger partial charge in [-0.15, -0.1) is 0 Å². The fourth-order valence-electron chi connectivity index (χ4n) is 1.77. The molecule has 1 rings (SSSR count). The number of hydrogen-bond acceptors (Lipinski definition) is 1. The standard InChI is InChI=1S/C13H20O/c1-11(2)14-13(3,4)10-12-8-6-5-7-9-12/h5-9,11H,10H2,1-4H3. The Hall–Kier alpha value is -0.820. The Labute approximate surface area is 87.1 Å². The Balaban J connectivity index is 2.59. The molecule has 0 amide bonds. The van der Waals surface area contributed by atoms with Gasteiger partial charge in [-0.2, -0.15) is 0 Å². The normalized spacial score (nSPS) is 12.1. The van der Waals surface area contributed by atoms with Gasteiger partial charge in [0.05, 0.1) is 11.7 Å². The van der Waals surface area contributed by atoms with Crippen LogP contribution in [0.4, 0.5) is 0 Å². The molecular weight excluding hydrogens is 172 g/mol. The van der Waals surface area contributed by atoms with Crippen molar-refractivity contribution < 1.29 is 4.74 Å². The van der Waals surface area contributed by atoms with Crippen LogP contribution in [-0.4, -0.2) is 11.7 Å². The third kappa shape index (κ3) is 3.93. The molecule has 0 atom stereocenters. The van der Waals surface area contributed by atoms with Crippen molar-refractivity contribution >= 4 is 0 Å². The third-order valence-electron chi connectivity index (χ3n) is 2.03. The van der Waals surface area contributed by atoms with E-state index in [-0.39, 0.29) is 11.7 Å². The van der Waals surface area contributed by atoms with E-state index in [1.807, 2.05) is 6.07 Å². The van der Waals surface area contributed by atoms with Crippen molar-refractivity contribution in [2.45, 2.75) is 45.8 Å². The first-order valence-corrected chi connectivity index (χ1v) is 5.21. The van der Waals surface area contributed by atoms with Crippen molar-refractivity contribution in [1.29, 1.82) is 0 Å². The van der Waals surface area contributed by atoms with E-state index >= 15 is 0 Å². The molecule has 0 aliphatic rings. The fourth-order valence-corrected chi connectivity index (χ4v) is 1.77. The Morgan fingerprint density at radius 1 is 1.14 bits per heavy atom. The van der Waals surface area contributed by atoms with E-state index in [1.165, 1.54) is 5.56 Å². The van der Waals surface area contributed by atoms with Crippen molar-refractivity contribution in [2.24, 2.45) is 0 Å². The van der Waals surface area contributed by atoms with Crippen LogP contribution in [0.3, 0.4) is 0 Å². The SMILES string of the molecule is CC(C)OC(C)(C)Cc1ccccc1. The van der Waals surface area contributed by atoms with E-state index in [4.69, 9.17) is 4.74 Å². The molecule has 1 nitrogen and oxygen atoms in total. The van der Waals surface area contributed by atoms with Crippen molar-refractivity contribution in [3.8, 4) is 0 Å². The molecule has 0 fully saturated rings. The Morgan fingerprint density at radius 2 is 1.71 bits per heavy atom. The zero-order valence-electron chi connectivity index (χ0n) is 9.58. The van der Waals surface area contributed by atoms with Crippen LogP contribution in [0.2, 0.25) is 0 Å². The molecule has 0 saturated heterocycles. The zero-order chi connectivity index (χ0) is 10.6. The summed E-state index contributed by atoms with van der Waals surface area (Å²) in [5.41, 5.74) is 1.26. The van der Waals surface area contributed by atoms with Gasteiger partial charge in [-0.25, -0.2) is 0 Å². The van der Waals surface area contributed by atoms with E-state index in [1.54, 1.807) is 0 Å². The second-order valence-corrected chi connectivity index (χ2v) is 4.59. The van der Waals surface area contributed by atoms with Gasteiger partial charge in [0.2, 0.25) is 0 Å². The van der Waals surface area contributed by atoms with E-state index in [0.717, 1.165) is 6.42 Å². The van der Waals surface area contributed by atoms with Crippen molar-refractivity contribution in [2.75, 3.05) is 0 Å². The zero-order valence-corrected chi connectivity index (χ0v) is 9.58.